The van der Waals surface area contributed by atoms with Crippen molar-refractivity contribution in [1.29, 1.82) is 0 Å². The highest BCUT2D eigenvalue weighted by molar-refractivity contribution is 5.81. The van der Waals surface area contributed by atoms with E-state index in [1.54, 1.807) is 12.1 Å². The highest BCUT2D eigenvalue weighted by atomic mass is 16.3. The summed E-state index contributed by atoms with van der Waals surface area (Å²) in [6.45, 7) is 0. The van der Waals surface area contributed by atoms with E-state index in [0.29, 0.717) is 5.78 Å². The Balaban J connectivity index is 2.02. The molecular weight excluding hydrogens is 200 g/mol. The predicted molar refractivity (Wildman–Crippen MR) is 63.4 cm³/mol. The minimum absolute atomic E-state index is 0.201. The molecule has 1 unspecified atom stereocenters. The SMILES string of the molecule is O=C1CCCCCC1Cc1ccc(O)cc1. The minimum atomic E-state index is 0.201. The Labute approximate surface area is 96.3 Å². The zero-order valence-corrected chi connectivity index (χ0v) is 9.48. The number of phenols is 1. The second kappa shape index (κ2) is 5.15. The van der Waals surface area contributed by atoms with Crippen molar-refractivity contribution in [2.45, 2.75) is 38.5 Å². The molecule has 1 aromatic rings. The van der Waals surface area contributed by atoms with Crippen LogP contribution in [0.5, 0.6) is 5.75 Å². The van der Waals surface area contributed by atoms with E-state index in [1.165, 1.54) is 12.8 Å². The first-order valence-electron chi connectivity index (χ1n) is 6.06. The fourth-order valence-electron chi connectivity index (χ4n) is 2.36. The van der Waals surface area contributed by atoms with Gasteiger partial charge in [0.25, 0.3) is 0 Å². The van der Waals surface area contributed by atoms with Crippen molar-refractivity contribution in [1.82, 2.24) is 0 Å². The Morgan fingerprint density at radius 1 is 1.12 bits per heavy atom. The van der Waals surface area contributed by atoms with E-state index in [1.807, 2.05) is 12.1 Å². The highest BCUT2D eigenvalue weighted by Gasteiger charge is 2.20. The lowest BCUT2D eigenvalue weighted by Gasteiger charge is -2.12. The van der Waals surface area contributed by atoms with Gasteiger partial charge in [-0.05, 0) is 37.0 Å². The van der Waals surface area contributed by atoms with Gasteiger partial charge in [0, 0.05) is 12.3 Å². The maximum Gasteiger partial charge on any atom is 0.136 e. The summed E-state index contributed by atoms with van der Waals surface area (Å²) in [5, 5.41) is 9.19. The van der Waals surface area contributed by atoms with Gasteiger partial charge in [0.1, 0.15) is 11.5 Å². The van der Waals surface area contributed by atoms with E-state index in [9.17, 15) is 9.90 Å². The van der Waals surface area contributed by atoms with Gasteiger partial charge in [-0.1, -0.05) is 25.0 Å². The Bertz CT molecular complexity index is 354. The van der Waals surface area contributed by atoms with E-state index in [-0.39, 0.29) is 11.7 Å². The molecule has 0 aliphatic heterocycles. The second-order valence-electron chi connectivity index (χ2n) is 4.63. The first-order valence-corrected chi connectivity index (χ1v) is 6.06. The van der Waals surface area contributed by atoms with Gasteiger partial charge in [-0.3, -0.25) is 4.79 Å². The lowest BCUT2D eigenvalue weighted by molar-refractivity contribution is -0.122. The van der Waals surface area contributed by atoms with Crippen LogP contribution in [0.2, 0.25) is 0 Å². The van der Waals surface area contributed by atoms with Crippen LogP contribution in [0.3, 0.4) is 0 Å². The van der Waals surface area contributed by atoms with E-state index >= 15 is 0 Å². The molecule has 1 aromatic carbocycles. The highest BCUT2D eigenvalue weighted by Crippen LogP contribution is 2.24. The zero-order valence-electron chi connectivity index (χ0n) is 9.48. The van der Waals surface area contributed by atoms with Crippen LogP contribution in [-0.4, -0.2) is 10.9 Å². The number of Topliss-reactive ketones (excluding diaryl/α,β-unsaturated/α-hetero) is 1. The Hall–Kier alpha value is -1.31. The van der Waals surface area contributed by atoms with Crippen molar-refractivity contribution in [3.63, 3.8) is 0 Å². The number of benzene rings is 1. The number of carbonyl (C=O) groups excluding carboxylic acids is 1. The summed E-state index contributed by atoms with van der Waals surface area (Å²) in [5.41, 5.74) is 1.15. The molecule has 1 aliphatic rings. The number of rotatable bonds is 2. The van der Waals surface area contributed by atoms with Crippen LogP contribution in [0, 0.1) is 5.92 Å². The molecule has 0 radical (unpaired) electrons. The van der Waals surface area contributed by atoms with Crippen molar-refractivity contribution >= 4 is 5.78 Å². The normalized spacial score (nSPS) is 21.8. The fraction of sp³-hybridized carbons (Fsp3) is 0.500. The van der Waals surface area contributed by atoms with Gasteiger partial charge in [0.05, 0.1) is 0 Å². The standard InChI is InChI=1S/C14H18O2/c15-13-8-6-11(7-9-13)10-12-4-2-1-3-5-14(12)16/h6-9,12,15H,1-5,10H2. The average Bonchev–Trinajstić information content (AvgIpc) is 2.48. The van der Waals surface area contributed by atoms with Gasteiger partial charge in [-0.25, -0.2) is 0 Å². The number of hydrogen-bond donors (Lipinski definition) is 1. The minimum Gasteiger partial charge on any atom is -0.508 e. The Morgan fingerprint density at radius 2 is 1.88 bits per heavy atom. The van der Waals surface area contributed by atoms with Gasteiger partial charge in [-0.2, -0.15) is 0 Å². The summed E-state index contributed by atoms with van der Waals surface area (Å²) in [7, 11) is 0. The molecule has 2 rings (SSSR count). The van der Waals surface area contributed by atoms with Crippen molar-refractivity contribution in [2.24, 2.45) is 5.92 Å². The van der Waals surface area contributed by atoms with Crippen LogP contribution in [-0.2, 0) is 11.2 Å². The van der Waals surface area contributed by atoms with Gasteiger partial charge in [0.15, 0.2) is 0 Å². The first-order chi connectivity index (χ1) is 7.75. The number of phenolic OH excluding ortho intramolecular Hbond substituents is 1. The topological polar surface area (TPSA) is 37.3 Å². The molecule has 1 saturated carbocycles. The number of aromatic hydroxyl groups is 1. The summed E-state index contributed by atoms with van der Waals surface area (Å²) in [4.78, 5) is 11.8. The predicted octanol–water partition coefficient (Wildman–Crippen LogP) is 3.08. The summed E-state index contributed by atoms with van der Waals surface area (Å²) in [6.07, 6.45) is 6.04. The van der Waals surface area contributed by atoms with Crippen LogP contribution < -0.4 is 0 Å². The molecule has 1 fully saturated rings. The lowest BCUT2D eigenvalue weighted by atomic mass is 9.91. The lowest BCUT2D eigenvalue weighted by Crippen LogP contribution is -2.15. The third kappa shape index (κ3) is 2.84. The molecule has 2 nitrogen and oxygen atoms in total. The Kier molecular flexibility index (Phi) is 3.60. The quantitative estimate of drug-likeness (QED) is 0.774. The third-order valence-electron chi connectivity index (χ3n) is 3.35. The molecule has 1 N–H and O–H groups in total. The molecule has 2 heteroatoms. The fourth-order valence-corrected chi connectivity index (χ4v) is 2.36. The maximum absolute atomic E-state index is 11.8. The molecule has 0 aromatic heterocycles. The molecule has 16 heavy (non-hydrogen) atoms. The van der Waals surface area contributed by atoms with Crippen molar-refractivity contribution in [3.8, 4) is 5.75 Å². The smallest absolute Gasteiger partial charge is 0.136 e. The van der Waals surface area contributed by atoms with Gasteiger partial charge >= 0.3 is 0 Å². The molecule has 1 aliphatic carbocycles. The van der Waals surface area contributed by atoms with Crippen LogP contribution in [0.25, 0.3) is 0 Å². The summed E-state index contributed by atoms with van der Waals surface area (Å²) >= 11 is 0. The van der Waals surface area contributed by atoms with E-state index in [0.717, 1.165) is 31.2 Å². The van der Waals surface area contributed by atoms with Crippen molar-refractivity contribution in [3.05, 3.63) is 29.8 Å². The summed E-state index contributed by atoms with van der Waals surface area (Å²) in [6, 6.07) is 7.20. The molecule has 86 valence electrons. The largest absolute Gasteiger partial charge is 0.508 e. The van der Waals surface area contributed by atoms with E-state index in [2.05, 4.69) is 0 Å². The van der Waals surface area contributed by atoms with Crippen LogP contribution in [0.4, 0.5) is 0 Å². The van der Waals surface area contributed by atoms with Crippen LogP contribution in [0.15, 0.2) is 24.3 Å². The van der Waals surface area contributed by atoms with Crippen LogP contribution in [0.1, 0.15) is 37.7 Å². The van der Waals surface area contributed by atoms with Gasteiger partial charge < -0.3 is 5.11 Å². The molecule has 0 spiro atoms. The molecule has 1 atom stereocenters. The zero-order chi connectivity index (χ0) is 11.4. The van der Waals surface area contributed by atoms with Crippen molar-refractivity contribution in [2.75, 3.05) is 0 Å². The summed E-state index contributed by atoms with van der Waals surface area (Å²) in [5.74, 6) is 0.911. The molecule has 0 bridgehead atoms. The summed E-state index contributed by atoms with van der Waals surface area (Å²) < 4.78 is 0. The maximum atomic E-state index is 11.8. The molecular formula is C14H18O2. The molecule has 0 amide bonds. The third-order valence-corrected chi connectivity index (χ3v) is 3.35. The van der Waals surface area contributed by atoms with Gasteiger partial charge in [0.2, 0.25) is 0 Å². The van der Waals surface area contributed by atoms with E-state index in [4.69, 9.17) is 0 Å². The molecule has 0 saturated heterocycles. The van der Waals surface area contributed by atoms with E-state index < -0.39 is 0 Å². The number of carbonyl (C=O) groups is 1. The number of hydrogen-bond acceptors (Lipinski definition) is 2. The molecule has 0 heterocycles. The Morgan fingerprint density at radius 3 is 2.62 bits per heavy atom. The van der Waals surface area contributed by atoms with Crippen LogP contribution >= 0.6 is 0 Å². The van der Waals surface area contributed by atoms with Crippen molar-refractivity contribution < 1.29 is 9.90 Å². The second-order valence-corrected chi connectivity index (χ2v) is 4.63. The monoisotopic (exact) mass is 218 g/mol. The first kappa shape index (κ1) is 11.2. The van der Waals surface area contributed by atoms with Gasteiger partial charge in [-0.15, -0.1) is 0 Å². The average molecular weight is 218 g/mol. The number of ketones is 1.